The number of nitrogens with zero attached hydrogens (tertiary/aromatic N) is 4. The van der Waals surface area contributed by atoms with Gasteiger partial charge in [-0.25, -0.2) is 9.50 Å². The SMILES string of the molecule is CC(C)N1CCCC(c2nc3ccc(O)cn3n2)C1. The topological polar surface area (TPSA) is 53.7 Å². The molecule has 0 spiro atoms. The summed E-state index contributed by atoms with van der Waals surface area (Å²) in [5.41, 5.74) is 0.800. The first-order chi connectivity index (χ1) is 9.13. The third-order valence-corrected chi connectivity index (χ3v) is 3.88. The molecule has 1 aliphatic rings. The van der Waals surface area contributed by atoms with Crippen LogP contribution in [0.2, 0.25) is 0 Å². The fourth-order valence-electron chi connectivity index (χ4n) is 2.75. The van der Waals surface area contributed by atoms with Crippen molar-refractivity contribution in [1.29, 1.82) is 0 Å². The van der Waals surface area contributed by atoms with Crippen molar-refractivity contribution in [1.82, 2.24) is 19.5 Å². The van der Waals surface area contributed by atoms with Crippen LogP contribution in [0.5, 0.6) is 5.75 Å². The van der Waals surface area contributed by atoms with Crippen LogP contribution in [0, 0.1) is 0 Å². The van der Waals surface area contributed by atoms with E-state index in [9.17, 15) is 5.11 Å². The van der Waals surface area contributed by atoms with E-state index in [0.717, 1.165) is 24.4 Å². The summed E-state index contributed by atoms with van der Waals surface area (Å²) in [6.07, 6.45) is 3.95. The van der Waals surface area contributed by atoms with E-state index >= 15 is 0 Å². The van der Waals surface area contributed by atoms with Crippen molar-refractivity contribution in [3.8, 4) is 5.75 Å². The zero-order chi connectivity index (χ0) is 13.4. The van der Waals surface area contributed by atoms with Gasteiger partial charge in [-0.3, -0.25) is 0 Å². The van der Waals surface area contributed by atoms with E-state index in [-0.39, 0.29) is 5.75 Å². The number of aromatic hydroxyl groups is 1. The van der Waals surface area contributed by atoms with Crippen LogP contribution in [0.4, 0.5) is 0 Å². The molecule has 1 fully saturated rings. The molecule has 0 aromatic carbocycles. The normalized spacial score (nSPS) is 21.3. The van der Waals surface area contributed by atoms with Crippen LogP contribution >= 0.6 is 0 Å². The van der Waals surface area contributed by atoms with E-state index in [1.165, 1.54) is 13.0 Å². The fourth-order valence-corrected chi connectivity index (χ4v) is 2.75. The van der Waals surface area contributed by atoms with Crippen LogP contribution in [0.1, 0.15) is 38.4 Å². The molecular formula is C14H20N4O. The van der Waals surface area contributed by atoms with Crippen molar-refractivity contribution >= 4 is 5.65 Å². The molecule has 5 heteroatoms. The van der Waals surface area contributed by atoms with Gasteiger partial charge in [-0.15, -0.1) is 0 Å². The van der Waals surface area contributed by atoms with Crippen molar-refractivity contribution in [3.05, 3.63) is 24.2 Å². The Labute approximate surface area is 112 Å². The van der Waals surface area contributed by atoms with Gasteiger partial charge < -0.3 is 10.0 Å². The molecule has 0 amide bonds. The van der Waals surface area contributed by atoms with Crippen LogP contribution in [0.25, 0.3) is 5.65 Å². The first-order valence-corrected chi connectivity index (χ1v) is 6.93. The lowest BCUT2D eigenvalue weighted by Crippen LogP contribution is -2.39. The van der Waals surface area contributed by atoms with Crippen LogP contribution in [0.3, 0.4) is 0 Å². The summed E-state index contributed by atoms with van der Waals surface area (Å²) in [5.74, 6) is 1.52. The zero-order valence-corrected chi connectivity index (χ0v) is 11.5. The molecule has 3 heterocycles. The molecule has 3 rings (SSSR count). The first-order valence-electron chi connectivity index (χ1n) is 6.93. The Bertz CT molecular complexity index is 578. The zero-order valence-electron chi connectivity index (χ0n) is 11.5. The molecule has 2 aromatic rings. The van der Waals surface area contributed by atoms with Gasteiger partial charge in [0, 0.05) is 18.5 Å². The maximum Gasteiger partial charge on any atom is 0.156 e. The second-order valence-electron chi connectivity index (χ2n) is 5.59. The highest BCUT2D eigenvalue weighted by Crippen LogP contribution is 2.26. The third-order valence-electron chi connectivity index (χ3n) is 3.88. The lowest BCUT2D eigenvalue weighted by atomic mass is 9.96. The molecule has 1 saturated heterocycles. The predicted molar refractivity (Wildman–Crippen MR) is 73.3 cm³/mol. The molecule has 5 nitrogen and oxygen atoms in total. The van der Waals surface area contributed by atoms with Crippen molar-refractivity contribution in [2.24, 2.45) is 0 Å². The molecule has 0 saturated carbocycles. The minimum absolute atomic E-state index is 0.219. The monoisotopic (exact) mass is 260 g/mol. The maximum absolute atomic E-state index is 9.47. The predicted octanol–water partition coefficient (Wildman–Crippen LogP) is 2.02. The molecule has 0 bridgehead atoms. The number of hydrogen-bond donors (Lipinski definition) is 1. The average molecular weight is 260 g/mol. The lowest BCUT2D eigenvalue weighted by molar-refractivity contribution is 0.165. The highest BCUT2D eigenvalue weighted by Gasteiger charge is 2.25. The molecule has 1 aliphatic heterocycles. The Morgan fingerprint density at radius 1 is 1.37 bits per heavy atom. The molecule has 2 aromatic heterocycles. The van der Waals surface area contributed by atoms with Gasteiger partial charge in [-0.2, -0.15) is 5.10 Å². The molecular weight excluding hydrogens is 240 g/mol. The Balaban J connectivity index is 1.87. The summed E-state index contributed by atoms with van der Waals surface area (Å²) in [6, 6.07) is 4.02. The minimum atomic E-state index is 0.219. The Kier molecular flexibility index (Phi) is 3.14. The number of rotatable bonds is 2. The summed E-state index contributed by atoms with van der Waals surface area (Å²) in [6.45, 7) is 6.66. The van der Waals surface area contributed by atoms with Gasteiger partial charge >= 0.3 is 0 Å². The van der Waals surface area contributed by atoms with Crippen LogP contribution in [0.15, 0.2) is 18.3 Å². The van der Waals surface area contributed by atoms with Crippen molar-refractivity contribution in [2.45, 2.75) is 38.6 Å². The Hall–Kier alpha value is -1.62. The second kappa shape index (κ2) is 4.81. The highest BCUT2D eigenvalue weighted by atomic mass is 16.3. The number of fused-ring (bicyclic) bond motifs is 1. The van der Waals surface area contributed by atoms with Crippen LogP contribution in [-0.2, 0) is 0 Å². The van der Waals surface area contributed by atoms with E-state index in [2.05, 4.69) is 28.8 Å². The van der Waals surface area contributed by atoms with E-state index in [0.29, 0.717) is 12.0 Å². The molecule has 1 atom stereocenters. The number of pyridine rings is 1. The summed E-state index contributed by atoms with van der Waals surface area (Å²) >= 11 is 0. The number of hydrogen-bond acceptors (Lipinski definition) is 4. The largest absolute Gasteiger partial charge is 0.506 e. The molecule has 1 unspecified atom stereocenters. The highest BCUT2D eigenvalue weighted by molar-refractivity contribution is 5.40. The summed E-state index contributed by atoms with van der Waals surface area (Å²) in [4.78, 5) is 7.07. The van der Waals surface area contributed by atoms with E-state index < -0.39 is 0 Å². The first kappa shape index (κ1) is 12.4. The fraction of sp³-hybridized carbons (Fsp3) is 0.571. The number of aromatic nitrogens is 3. The van der Waals surface area contributed by atoms with Crippen molar-refractivity contribution < 1.29 is 5.11 Å². The Morgan fingerprint density at radius 3 is 3.00 bits per heavy atom. The van der Waals surface area contributed by atoms with E-state index in [4.69, 9.17) is 0 Å². The Morgan fingerprint density at radius 2 is 2.21 bits per heavy atom. The van der Waals surface area contributed by atoms with Gasteiger partial charge in [0.2, 0.25) is 0 Å². The summed E-state index contributed by atoms with van der Waals surface area (Å²) in [5, 5.41) is 14.0. The van der Waals surface area contributed by atoms with Gasteiger partial charge in [0.05, 0.1) is 6.20 Å². The standard InChI is InChI=1S/C14H20N4O/c1-10(2)17-7-3-4-11(8-17)14-15-13-6-5-12(19)9-18(13)16-14/h5-6,9-11,19H,3-4,7-8H2,1-2H3. The summed E-state index contributed by atoms with van der Waals surface area (Å²) in [7, 11) is 0. The third kappa shape index (κ3) is 2.42. The van der Waals surface area contributed by atoms with Crippen LogP contribution in [-0.4, -0.2) is 43.7 Å². The average Bonchev–Trinajstić information content (AvgIpc) is 2.81. The summed E-state index contributed by atoms with van der Waals surface area (Å²) < 4.78 is 1.67. The van der Waals surface area contributed by atoms with E-state index in [1.807, 2.05) is 0 Å². The molecule has 0 aliphatic carbocycles. The minimum Gasteiger partial charge on any atom is -0.506 e. The smallest absolute Gasteiger partial charge is 0.156 e. The van der Waals surface area contributed by atoms with Gasteiger partial charge in [-0.05, 0) is 45.4 Å². The van der Waals surface area contributed by atoms with Crippen molar-refractivity contribution in [2.75, 3.05) is 13.1 Å². The maximum atomic E-state index is 9.47. The molecule has 0 radical (unpaired) electrons. The quantitative estimate of drug-likeness (QED) is 0.897. The van der Waals surface area contributed by atoms with E-state index in [1.54, 1.807) is 22.8 Å². The van der Waals surface area contributed by atoms with Gasteiger partial charge in [-0.1, -0.05) is 0 Å². The second-order valence-corrected chi connectivity index (χ2v) is 5.59. The van der Waals surface area contributed by atoms with Gasteiger partial charge in [0.25, 0.3) is 0 Å². The molecule has 19 heavy (non-hydrogen) atoms. The lowest BCUT2D eigenvalue weighted by Gasteiger charge is -2.34. The van der Waals surface area contributed by atoms with Crippen molar-refractivity contribution in [3.63, 3.8) is 0 Å². The van der Waals surface area contributed by atoms with Crippen LogP contribution < -0.4 is 0 Å². The van der Waals surface area contributed by atoms with Gasteiger partial charge in [0.15, 0.2) is 11.5 Å². The van der Waals surface area contributed by atoms with Gasteiger partial charge in [0.1, 0.15) is 5.75 Å². The molecule has 102 valence electrons. The molecule has 1 N–H and O–H groups in total. The number of likely N-dealkylation sites (tertiary alicyclic amines) is 1. The number of piperidine rings is 1.